The number of benzene rings is 3. The summed E-state index contributed by atoms with van der Waals surface area (Å²) in [5.74, 6) is -0.522. The van der Waals surface area contributed by atoms with Crippen molar-refractivity contribution >= 4 is 40.7 Å². The van der Waals surface area contributed by atoms with Gasteiger partial charge in [-0.2, -0.15) is 0 Å². The Balaban J connectivity index is 1.38. The lowest BCUT2D eigenvalue weighted by atomic mass is 9.89. The van der Waals surface area contributed by atoms with Gasteiger partial charge in [-0.25, -0.2) is 0 Å². The highest BCUT2D eigenvalue weighted by molar-refractivity contribution is 6.76. The van der Waals surface area contributed by atoms with Crippen molar-refractivity contribution in [2.45, 2.75) is 61.6 Å². The van der Waals surface area contributed by atoms with E-state index in [1.807, 2.05) is 54.6 Å². The van der Waals surface area contributed by atoms with E-state index in [0.717, 1.165) is 53.0 Å². The minimum atomic E-state index is -2.01. The second-order valence-electron chi connectivity index (χ2n) is 11.2. The van der Waals surface area contributed by atoms with E-state index in [0.29, 0.717) is 0 Å². The molecule has 0 radical (unpaired) electrons. The average molecular weight is 632 g/mol. The molecule has 2 fully saturated rings. The molecule has 0 bridgehead atoms. The van der Waals surface area contributed by atoms with Crippen LogP contribution >= 0.6 is 34.8 Å². The summed E-state index contributed by atoms with van der Waals surface area (Å²) in [6, 6.07) is 24.1. The van der Waals surface area contributed by atoms with Crippen molar-refractivity contribution in [3.8, 4) is 11.1 Å². The molecule has 2 heterocycles. The van der Waals surface area contributed by atoms with Crippen LogP contribution in [0.4, 0.5) is 0 Å². The molecule has 2 aliphatic rings. The van der Waals surface area contributed by atoms with Crippen LogP contribution in [0, 0.1) is 5.92 Å². The Kier molecular flexibility index (Phi) is 10.5. The monoisotopic (exact) mass is 630 g/mol. The van der Waals surface area contributed by atoms with Gasteiger partial charge in [-0.3, -0.25) is 4.79 Å². The molecule has 9 heteroatoms. The molecule has 6 nitrogen and oxygen atoms in total. The van der Waals surface area contributed by atoms with Crippen molar-refractivity contribution in [1.82, 2.24) is 10.2 Å². The van der Waals surface area contributed by atoms with Crippen LogP contribution in [0.15, 0.2) is 72.8 Å². The first-order valence-corrected chi connectivity index (χ1v) is 15.6. The van der Waals surface area contributed by atoms with E-state index in [1.165, 1.54) is 19.3 Å². The maximum Gasteiger partial charge on any atom is 0.272 e. The zero-order valence-corrected chi connectivity index (χ0v) is 25.9. The summed E-state index contributed by atoms with van der Waals surface area (Å²) in [5.41, 5.74) is 5.77. The van der Waals surface area contributed by atoms with Crippen LogP contribution < -0.4 is 5.32 Å². The zero-order chi connectivity index (χ0) is 29.7. The van der Waals surface area contributed by atoms with Crippen LogP contribution in [0.5, 0.6) is 0 Å². The fourth-order valence-electron chi connectivity index (χ4n) is 5.73. The molecule has 2 N–H and O–H groups in total. The Morgan fingerprint density at radius 1 is 0.905 bits per heavy atom. The summed E-state index contributed by atoms with van der Waals surface area (Å²) in [5, 5.41) is 12.2. The highest BCUT2D eigenvalue weighted by Gasteiger charge is 2.39. The summed E-state index contributed by atoms with van der Waals surface area (Å²) in [6.07, 6.45) is 3.05. The molecule has 0 aliphatic carbocycles. The van der Waals surface area contributed by atoms with E-state index < -0.39 is 16.0 Å². The van der Waals surface area contributed by atoms with Crippen LogP contribution in [-0.2, 0) is 27.4 Å². The van der Waals surface area contributed by atoms with Crippen molar-refractivity contribution in [2.24, 2.45) is 5.92 Å². The number of nitrogens with one attached hydrogen (secondary N) is 1. The molecule has 2 saturated heterocycles. The van der Waals surface area contributed by atoms with Crippen molar-refractivity contribution in [2.75, 3.05) is 19.6 Å². The first-order valence-electron chi connectivity index (χ1n) is 14.5. The fraction of sp³-hybridized carbons (Fsp3) is 0.424. The van der Waals surface area contributed by atoms with E-state index in [-0.39, 0.29) is 31.3 Å². The number of likely N-dealkylation sites (tertiary alicyclic amines) is 1. The van der Waals surface area contributed by atoms with Gasteiger partial charge in [0, 0.05) is 24.6 Å². The number of hydrogen-bond acceptors (Lipinski definition) is 5. The Labute approximate surface area is 262 Å². The number of aliphatic hydroxyl groups is 1. The van der Waals surface area contributed by atoms with E-state index >= 15 is 0 Å². The average Bonchev–Trinajstić information content (AvgIpc) is 3.01. The lowest BCUT2D eigenvalue weighted by Gasteiger charge is -2.43. The summed E-state index contributed by atoms with van der Waals surface area (Å²) in [4.78, 5) is 14.5. The molecule has 3 aromatic carbocycles. The Morgan fingerprint density at radius 3 is 2.29 bits per heavy atom. The van der Waals surface area contributed by atoms with Gasteiger partial charge in [0.25, 0.3) is 9.70 Å². The number of halogens is 3. The van der Waals surface area contributed by atoms with E-state index in [2.05, 4.69) is 35.3 Å². The number of nitrogens with zero attached hydrogens (tertiary/aromatic N) is 1. The maximum atomic E-state index is 12.0. The van der Waals surface area contributed by atoms with Gasteiger partial charge < -0.3 is 24.8 Å². The Hall–Kier alpha value is -2.16. The predicted molar refractivity (Wildman–Crippen MR) is 167 cm³/mol. The van der Waals surface area contributed by atoms with Crippen LogP contribution in [0.25, 0.3) is 11.1 Å². The third-order valence-corrected chi connectivity index (χ3v) is 8.65. The number of rotatable bonds is 8. The fourth-order valence-corrected chi connectivity index (χ4v) is 5.93. The highest BCUT2D eigenvalue weighted by atomic mass is 35.6. The summed E-state index contributed by atoms with van der Waals surface area (Å²) >= 11 is 17.1. The van der Waals surface area contributed by atoms with Gasteiger partial charge in [0.15, 0.2) is 6.29 Å². The molecule has 4 unspecified atom stereocenters. The first-order chi connectivity index (χ1) is 20.2. The molecule has 0 spiro atoms. The third kappa shape index (κ3) is 7.86. The van der Waals surface area contributed by atoms with E-state index in [4.69, 9.17) is 44.3 Å². The number of carbonyl (C=O) groups excluding carboxylic acids is 1. The second kappa shape index (κ2) is 14.1. The highest BCUT2D eigenvalue weighted by Crippen LogP contribution is 2.42. The van der Waals surface area contributed by atoms with Crippen molar-refractivity contribution < 1.29 is 19.4 Å². The van der Waals surface area contributed by atoms with Crippen molar-refractivity contribution in [3.63, 3.8) is 0 Å². The molecule has 0 saturated carbocycles. The topological polar surface area (TPSA) is 71.0 Å². The number of amides is 1. The van der Waals surface area contributed by atoms with Gasteiger partial charge in [0.2, 0.25) is 0 Å². The van der Waals surface area contributed by atoms with Crippen LogP contribution in [0.1, 0.15) is 60.8 Å². The molecule has 224 valence electrons. The first kappa shape index (κ1) is 31.3. The standard InChI is InChI=1S/C33H37Cl3N2O4/c1-22-29(20-38-15-3-2-4-16-38)41-31(42-30(22)25-13-11-23(21-39)12-14-25)28-10-6-9-27(18-28)26-8-5-7-24(17-26)19-37-32(40)33(34,35)36/h5-14,17-18,22,29-31,39H,2-4,15-16,19-21H2,1H3,(H,37,40). The van der Waals surface area contributed by atoms with E-state index in [1.54, 1.807) is 0 Å². The molecule has 1 amide bonds. The second-order valence-corrected chi connectivity index (χ2v) is 13.5. The largest absolute Gasteiger partial charge is 0.392 e. The predicted octanol–water partition coefficient (Wildman–Crippen LogP) is 7.11. The molecule has 0 aromatic heterocycles. The molecule has 42 heavy (non-hydrogen) atoms. The quantitative estimate of drug-likeness (QED) is 0.259. The van der Waals surface area contributed by atoms with Gasteiger partial charge in [-0.1, -0.05) is 109 Å². The van der Waals surface area contributed by atoms with Crippen LogP contribution in [0.2, 0.25) is 0 Å². The summed E-state index contributed by atoms with van der Waals surface area (Å²) in [7, 11) is 0. The van der Waals surface area contributed by atoms with Gasteiger partial charge in [-0.15, -0.1) is 0 Å². The molecular weight excluding hydrogens is 595 g/mol. The Morgan fingerprint density at radius 2 is 1.60 bits per heavy atom. The molecule has 3 aromatic rings. The van der Waals surface area contributed by atoms with Crippen molar-refractivity contribution in [1.29, 1.82) is 0 Å². The minimum absolute atomic E-state index is 0.00196. The maximum absolute atomic E-state index is 12.0. The smallest absolute Gasteiger partial charge is 0.272 e. The SMILES string of the molecule is CC1C(CN2CCCCC2)OC(c2cccc(-c3cccc(CNC(=O)C(Cl)(Cl)Cl)c3)c2)OC1c1ccc(CO)cc1. The zero-order valence-electron chi connectivity index (χ0n) is 23.6. The molecule has 5 rings (SSSR count). The van der Waals surface area contributed by atoms with Gasteiger partial charge in [0.05, 0.1) is 18.8 Å². The van der Waals surface area contributed by atoms with Crippen molar-refractivity contribution in [3.05, 3.63) is 95.1 Å². The molecular formula is C33H37Cl3N2O4. The normalized spacial score (nSPS) is 23.5. The number of ether oxygens (including phenoxy) is 2. The lowest BCUT2D eigenvalue weighted by Crippen LogP contribution is -2.45. The third-order valence-electron chi connectivity index (χ3n) is 8.14. The number of aliphatic hydroxyl groups excluding tert-OH is 1. The lowest BCUT2D eigenvalue weighted by molar-refractivity contribution is -0.276. The summed E-state index contributed by atoms with van der Waals surface area (Å²) in [6.45, 7) is 5.52. The summed E-state index contributed by atoms with van der Waals surface area (Å²) < 4.78 is 11.4. The number of piperidine rings is 1. The molecule has 2 aliphatic heterocycles. The molecule has 4 atom stereocenters. The van der Waals surface area contributed by atoms with E-state index in [9.17, 15) is 9.90 Å². The van der Waals surface area contributed by atoms with Crippen LogP contribution in [-0.4, -0.2) is 45.4 Å². The number of carbonyl (C=O) groups is 1. The van der Waals surface area contributed by atoms with Gasteiger partial charge >= 0.3 is 0 Å². The number of alkyl halides is 3. The number of hydrogen-bond donors (Lipinski definition) is 2. The Bertz CT molecular complexity index is 1340. The van der Waals surface area contributed by atoms with Gasteiger partial charge in [0.1, 0.15) is 0 Å². The van der Waals surface area contributed by atoms with Crippen LogP contribution in [0.3, 0.4) is 0 Å². The minimum Gasteiger partial charge on any atom is -0.392 e. The van der Waals surface area contributed by atoms with Gasteiger partial charge in [-0.05, 0) is 65.9 Å².